The number of nitro benzene ring substituents is 1. The molecule has 0 heterocycles. The second-order valence-corrected chi connectivity index (χ2v) is 8.65. The minimum absolute atomic E-state index is 0.0909. The summed E-state index contributed by atoms with van der Waals surface area (Å²) in [6.07, 6.45) is 1.40. The Morgan fingerprint density at radius 1 is 1.00 bits per heavy atom. The molecule has 0 bridgehead atoms. The van der Waals surface area contributed by atoms with Crippen LogP contribution in [0.3, 0.4) is 0 Å². The fourth-order valence-corrected chi connectivity index (χ4v) is 2.62. The molecule has 2 aromatic carbocycles. The summed E-state index contributed by atoms with van der Waals surface area (Å²) < 4.78 is 0. The highest BCUT2D eigenvalue weighted by Gasteiger charge is 2.24. The largest absolute Gasteiger partial charge is 0.507 e. The van der Waals surface area contributed by atoms with E-state index in [1.54, 1.807) is 0 Å². The molecular weight excluding hydrogens is 344 g/mol. The molecule has 6 heteroatoms. The van der Waals surface area contributed by atoms with Gasteiger partial charge < -0.3 is 10.2 Å². The predicted molar refractivity (Wildman–Crippen MR) is 108 cm³/mol. The van der Waals surface area contributed by atoms with Crippen LogP contribution >= 0.6 is 0 Å². The van der Waals surface area contributed by atoms with Crippen LogP contribution in [-0.4, -0.2) is 21.4 Å². The van der Waals surface area contributed by atoms with E-state index in [-0.39, 0.29) is 28.0 Å². The molecule has 0 atom stereocenters. The van der Waals surface area contributed by atoms with Crippen LogP contribution in [0.4, 0.5) is 11.4 Å². The Hall–Kier alpha value is -2.89. The van der Waals surface area contributed by atoms with Gasteiger partial charge in [0, 0.05) is 23.4 Å². The zero-order valence-corrected chi connectivity index (χ0v) is 16.6. The molecule has 2 rings (SSSR count). The molecule has 0 spiro atoms. The lowest BCUT2D eigenvalue weighted by molar-refractivity contribution is -0.384. The van der Waals surface area contributed by atoms with E-state index in [1.165, 1.54) is 18.3 Å². The molecule has 0 unspecified atom stereocenters. The van der Waals surface area contributed by atoms with Crippen molar-refractivity contribution in [2.45, 2.75) is 52.4 Å². The normalized spacial score (nSPS) is 12.5. The second kappa shape index (κ2) is 7.02. The van der Waals surface area contributed by atoms with Crippen molar-refractivity contribution >= 4 is 17.6 Å². The maximum absolute atomic E-state index is 10.8. The summed E-state index contributed by atoms with van der Waals surface area (Å²) in [4.78, 5) is 14.6. The van der Waals surface area contributed by atoms with E-state index in [4.69, 9.17) is 0 Å². The first-order chi connectivity index (χ1) is 12.3. The summed E-state index contributed by atoms with van der Waals surface area (Å²) in [5, 5.41) is 31.5. The molecule has 0 saturated carbocycles. The molecule has 0 aromatic heterocycles. The molecule has 2 N–H and O–H groups in total. The van der Waals surface area contributed by atoms with Crippen molar-refractivity contribution < 1.29 is 15.1 Å². The number of rotatable bonds is 3. The molecule has 0 saturated heterocycles. The van der Waals surface area contributed by atoms with Gasteiger partial charge in [-0.05, 0) is 28.5 Å². The highest BCUT2D eigenvalue weighted by molar-refractivity contribution is 5.86. The van der Waals surface area contributed by atoms with Crippen molar-refractivity contribution in [1.82, 2.24) is 0 Å². The van der Waals surface area contributed by atoms with Gasteiger partial charge in [-0.15, -0.1) is 0 Å². The van der Waals surface area contributed by atoms with Crippen LogP contribution in [0.5, 0.6) is 11.5 Å². The third kappa shape index (κ3) is 4.64. The van der Waals surface area contributed by atoms with Crippen molar-refractivity contribution in [2.24, 2.45) is 4.99 Å². The van der Waals surface area contributed by atoms with Crippen LogP contribution < -0.4 is 0 Å². The third-order valence-electron chi connectivity index (χ3n) is 4.33. The third-order valence-corrected chi connectivity index (χ3v) is 4.33. The molecule has 2 aromatic rings. The van der Waals surface area contributed by atoms with Crippen LogP contribution in [0, 0.1) is 10.1 Å². The monoisotopic (exact) mass is 370 g/mol. The van der Waals surface area contributed by atoms with Gasteiger partial charge in [-0.2, -0.15) is 0 Å². The number of nitrogens with zero attached hydrogens (tertiary/aromatic N) is 2. The topological polar surface area (TPSA) is 96.0 Å². The van der Waals surface area contributed by atoms with Gasteiger partial charge in [0.2, 0.25) is 0 Å². The Balaban J connectivity index is 2.55. The van der Waals surface area contributed by atoms with E-state index in [9.17, 15) is 20.3 Å². The summed E-state index contributed by atoms with van der Waals surface area (Å²) in [6.45, 7) is 12.3. The summed E-state index contributed by atoms with van der Waals surface area (Å²) >= 11 is 0. The number of phenols is 2. The highest BCUT2D eigenvalue weighted by Crippen LogP contribution is 2.41. The molecule has 6 nitrogen and oxygen atoms in total. The molecule has 0 aliphatic heterocycles. The van der Waals surface area contributed by atoms with Gasteiger partial charge >= 0.3 is 0 Å². The van der Waals surface area contributed by atoms with Gasteiger partial charge in [-0.3, -0.25) is 15.1 Å². The Kier molecular flexibility index (Phi) is 5.31. The SMILES string of the molecule is CC(C)(C)c1cc(N=Cc2ccc([N+](=O)[O-])cc2O)c(O)c(C(C)(C)C)c1. The number of aliphatic imine (C=N–C) groups is 1. The number of aromatic hydroxyl groups is 2. The minimum Gasteiger partial charge on any atom is -0.507 e. The Morgan fingerprint density at radius 2 is 1.63 bits per heavy atom. The fraction of sp³-hybridized carbons (Fsp3) is 0.381. The van der Waals surface area contributed by atoms with E-state index in [2.05, 4.69) is 25.8 Å². The molecule has 0 radical (unpaired) electrons. The summed E-state index contributed by atoms with van der Waals surface area (Å²) in [6, 6.07) is 7.62. The van der Waals surface area contributed by atoms with Crippen LogP contribution in [0.25, 0.3) is 0 Å². The zero-order chi connectivity index (χ0) is 20.6. The van der Waals surface area contributed by atoms with Crippen molar-refractivity contribution in [3.05, 3.63) is 57.1 Å². The minimum atomic E-state index is -0.575. The van der Waals surface area contributed by atoms with Gasteiger partial charge in [0.05, 0.1) is 11.0 Å². The standard InChI is InChI=1S/C21H26N2O4/c1-20(2,3)14-9-16(21(4,5)6)19(25)17(10-14)22-12-13-7-8-15(23(26)27)11-18(13)24/h7-12,24-25H,1-6H3. The average Bonchev–Trinajstić information content (AvgIpc) is 2.52. The Morgan fingerprint density at radius 3 is 2.11 bits per heavy atom. The highest BCUT2D eigenvalue weighted by atomic mass is 16.6. The molecule has 144 valence electrons. The van der Waals surface area contributed by atoms with Gasteiger partial charge in [0.25, 0.3) is 5.69 Å². The van der Waals surface area contributed by atoms with E-state index >= 15 is 0 Å². The first kappa shape index (κ1) is 20.4. The van der Waals surface area contributed by atoms with E-state index in [1.807, 2.05) is 32.9 Å². The lowest BCUT2D eigenvalue weighted by atomic mass is 9.80. The number of benzene rings is 2. The van der Waals surface area contributed by atoms with E-state index < -0.39 is 4.92 Å². The van der Waals surface area contributed by atoms with Crippen LogP contribution in [0.1, 0.15) is 58.2 Å². The van der Waals surface area contributed by atoms with Crippen LogP contribution in [0.15, 0.2) is 35.3 Å². The smallest absolute Gasteiger partial charge is 0.273 e. The van der Waals surface area contributed by atoms with E-state index in [0.29, 0.717) is 11.3 Å². The summed E-state index contributed by atoms with van der Waals surface area (Å²) in [5.41, 5.74) is 1.94. The summed E-state index contributed by atoms with van der Waals surface area (Å²) in [5.74, 6) is -0.149. The molecule has 27 heavy (non-hydrogen) atoms. The first-order valence-corrected chi connectivity index (χ1v) is 8.70. The summed E-state index contributed by atoms with van der Waals surface area (Å²) in [7, 11) is 0. The number of hydrogen-bond donors (Lipinski definition) is 2. The molecule has 0 fully saturated rings. The quantitative estimate of drug-likeness (QED) is 0.432. The number of non-ortho nitro benzene ring substituents is 1. The van der Waals surface area contributed by atoms with Crippen molar-refractivity contribution in [1.29, 1.82) is 0 Å². The van der Waals surface area contributed by atoms with Crippen molar-refractivity contribution in [3.63, 3.8) is 0 Å². The van der Waals surface area contributed by atoms with Crippen LogP contribution in [0.2, 0.25) is 0 Å². The Bertz CT molecular complexity index is 904. The number of phenolic OH excluding ortho intramolecular Hbond substituents is 2. The van der Waals surface area contributed by atoms with Gasteiger partial charge in [-0.1, -0.05) is 47.6 Å². The number of hydrogen-bond acceptors (Lipinski definition) is 5. The maximum atomic E-state index is 10.8. The fourth-order valence-electron chi connectivity index (χ4n) is 2.62. The number of nitro groups is 1. The van der Waals surface area contributed by atoms with Gasteiger partial charge in [0.15, 0.2) is 0 Å². The lowest BCUT2D eigenvalue weighted by Crippen LogP contribution is -2.16. The molecular formula is C21H26N2O4. The Labute approximate surface area is 159 Å². The van der Waals surface area contributed by atoms with Crippen molar-refractivity contribution in [3.8, 4) is 11.5 Å². The van der Waals surface area contributed by atoms with Crippen LogP contribution in [-0.2, 0) is 10.8 Å². The first-order valence-electron chi connectivity index (χ1n) is 8.70. The second-order valence-electron chi connectivity index (χ2n) is 8.65. The molecule has 0 amide bonds. The average molecular weight is 370 g/mol. The lowest BCUT2D eigenvalue weighted by Gasteiger charge is -2.26. The van der Waals surface area contributed by atoms with E-state index in [0.717, 1.165) is 17.2 Å². The van der Waals surface area contributed by atoms with Gasteiger partial charge in [-0.25, -0.2) is 0 Å². The maximum Gasteiger partial charge on any atom is 0.273 e. The molecule has 0 aliphatic carbocycles. The van der Waals surface area contributed by atoms with Crippen molar-refractivity contribution in [2.75, 3.05) is 0 Å². The zero-order valence-electron chi connectivity index (χ0n) is 16.6. The van der Waals surface area contributed by atoms with Gasteiger partial charge in [0.1, 0.15) is 17.2 Å². The predicted octanol–water partition coefficient (Wildman–Crippen LogP) is 5.35. The molecule has 0 aliphatic rings.